The molecule has 0 spiro atoms. The first-order valence-corrected chi connectivity index (χ1v) is 7.63. The average Bonchev–Trinajstić information content (AvgIpc) is 2.44. The van der Waals surface area contributed by atoms with Crippen LogP contribution in [0.15, 0.2) is 30.9 Å². The Labute approximate surface area is 130 Å². The van der Waals surface area contributed by atoms with E-state index in [2.05, 4.69) is 24.9 Å². The van der Waals surface area contributed by atoms with Crippen LogP contribution in [0.4, 0.5) is 0 Å². The molecule has 2 atom stereocenters. The molecular formula is C16H20N2O2S. The first-order chi connectivity index (χ1) is 10.1. The molecule has 0 aliphatic carbocycles. The van der Waals surface area contributed by atoms with Crippen molar-refractivity contribution in [3.8, 4) is 11.5 Å². The average molecular weight is 304 g/mol. The van der Waals surface area contributed by atoms with Crippen LogP contribution in [0.2, 0.25) is 0 Å². The van der Waals surface area contributed by atoms with Gasteiger partial charge in [0.05, 0.1) is 12.6 Å². The molecule has 2 bridgehead atoms. The largest absolute Gasteiger partial charge is 0.490 e. The molecule has 4 nitrogen and oxygen atoms in total. The van der Waals surface area contributed by atoms with Crippen molar-refractivity contribution in [2.45, 2.75) is 32.0 Å². The number of benzene rings is 1. The van der Waals surface area contributed by atoms with Crippen LogP contribution in [-0.2, 0) is 0 Å². The number of para-hydroxylation sites is 1. The highest BCUT2D eigenvalue weighted by Gasteiger charge is 2.47. The van der Waals surface area contributed by atoms with Gasteiger partial charge in [0.15, 0.2) is 22.3 Å². The van der Waals surface area contributed by atoms with Crippen molar-refractivity contribution in [3.63, 3.8) is 0 Å². The van der Waals surface area contributed by atoms with Gasteiger partial charge in [-0.15, -0.1) is 6.58 Å². The van der Waals surface area contributed by atoms with E-state index >= 15 is 0 Å². The number of rotatable bonds is 4. The summed E-state index contributed by atoms with van der Waals surface area (Å²) in [5, 5.41) is 4.12. The molecule has 1 aromatic carbocycles. The lowest BCUT2D eigenvalue weighted by atomic mass is 9.90. The van der Waals surface area contributed by atoms with Gasteiger partial charge in [0, 0.05) is 18.5 Å². The Morgan fingerprint density at radius 2 is 2.43 bits per heavy atom. The predicted octanol–water partition coefficient (Wildman–Crippen LogP) is 3.00. The second kappa shape index (κ2) is 5.22. The monoisotopic (exact) mass is 304 g/mol. The van der Waals surface area contributed by atoms with Gasteiger partial charge in [-0.1, -0.05) is 18.2 Å². The molecule has 1 aromatic rings. The van der Waals surface area contributed by atoms with E-state index in [0.29, 0.717) is 18.3 Å². The van der Waals surface area contributed by atoms with E-state index in [1.807, 2.05) is 30.0 Å². The summed E-state index contributed by atoms with van der Waals surface area (Å²) in [5.74, 6) is 1.61. The molecule has 1 saturated heterocycles. The first kappa shape index (κ1) is 14.2. The van der Waals surface area contributed by atoms with E-state index in [1.54, 1.807) is 0 Å². The quantitative estimate of drug-likeness (QED) is 0.683. The zero-order valence-corrected chi connectivity index (χ0v) is 13.2. The highest BCUT2D eigenvalue weighted by atomic mass is 32.1. The number of nitrogens with zero attached hydrogens (tertiary/aromatic N) is 1. The standard InChI is InChI=1S/C16H20N2O2S/c1-4-9-18-15(21)17-12-10-16(18,3)20-14-11(12)7-6-8-13(14)19-5-2/h4,6-8,12H,1,5,9-10H2,2-3H3,(H,17,21). The van der Waals surface area contributed by atoms with Gasteiger partial charge in [0.2, 0.25) is 0 Å². The third kappa shape index (κ3) is 2.25. The maximum absolute atomic E-state index is 6.34. The second-order valence-electron chi connectivity index (χ2n) is 5.49. The lowest BCUT2D eigenvalue weighted by molar-refractivity contribution is -0.0648. The van der Waals surface area contributed by atoms with Gasteiger partial charge in [-0.3, -0.25) is 0 Å². The molecule has 112 valence electrons. The van der Waals surface area contributed by atoms with Crippen LogP contribution in [0, 0.1) is 0 Å². The van der Waals surface area contributed by atoms with Crippen molar-refractivity contribution >= 4 is 17.3 Å². The lowest BCUT2D eigenvalue weighted by Gasteiger charge is -2.52. The Morgan fingerprint density at radius 3 is 3.14 bits per heavy atom. The van der Waals surface area contributed by atoms with E-state index in [9.17, 15) is 0 Å². The van der Waals surface area contributed by atoms with Crippen molar-refractivity contribution in [1.82, 2.24) is 10.2 Å². The molecule has 21 heavy (non-hydrogen) atoms. The van der Waals surface area contributed by atoms with Crippen LogP contribution in [0.1, 0.15) is 31.9 Å². The number of nitrogens with one attached hydrogen (secondary N) is 1. The fourth-order valence-corrected chi connectivity index (χ4v) is 3.49. The third-order valence-corrected chi connectivity index (χ3v) is 4.35. The summed E-state index contributed by atoms with van der Waals surface area (Å²) in [6.07, 6.45) is 2.68. The number of fused-ring (bicyclic) bond motifs is 4. The maximum Gasteiger partial charge on any atom is 0.184 e. The Morgan fingerprint density at radius 1 is 1.62 bits per heavy atom. The molecule has 2 heterocycles. The number of hydrogen-bond donors (Lipinski definition) is 1. The topological polar surface area (TPSA) is 33.7 Å². The summed E-state index contributed by atoms with van der Waals surface area (Å²) < 4.78 is 12.0. The Balaban J connectivity index is 2.05. The molecule has 1 N–H and O–H groups in total. The molecule has 0 radical (unpaired) electrons. The van der Waals surface area contributed by atoms with Crippen molar-refractivity contribution in [3.05, 3.63) is 36.4 Å². The van der Waals surface area contributed by atoms with Crippen LogP contribution in [-0.4, -0.2) is 28.9 Å². The van der Waals surface area contributed by atoms with Crippen LogP contribution in [0.25, 0.3) is 0 Å². The minimum Gasteiger partial charge on any atom is -0.490 e. The van der Waals surface area contributed by atoms with Gasteiger partial charge in [-0.05, 0) is 32.1 Å². The molecule has 2 aliphatic heterocycles. The minimum atomic E-state index is -0.471. The summed E-state index contributed by atoms with van der Waals surface area (Å²) >= 11 is 5.49. The fourth-order valence-electron chi connectivity index (χ4n) is 3.08. The van der Waals surface area contributed by atoms with Crippen LogP contribution in [0.3, 0.4) is 0 Å². The van der Waals surface area contributed by atoms with Gasteiger partial charge < -0.3 is 19.7 Å². The van der Waals surface area contributed by atoms with Gasteiger partial charge >= 0.3 is 0 Å². The highest BCUT2D eigenvalue weighted by Crippen LogP contribution is 2.47. The van der Waals surface area contributed by atoms with E-state index < -0.39 is 5.72 Å². The molecule has 2 unspecified atom stereocenters. The van der Waals surface area contributed by atoms with Crippen molar-refractivity contribution in [2.75, 3.05) is 13.2 Å². The Hall–Kier alpha value is -1.75. The van der Waals surface area contributed by atoms with Crippen LogP contribution < -0.4 is 14.8 Å². The van der Waals surface area contributed by atoms with Gasteiger partial charge in [-0.25, -0.2) is 0 Å². The lowest BCUT2D eigenvalue weighted by Crippen LogP contribution is -2.64. The summed E-state index contributed by atoms with van der Waals surface area (Å²) in [7, 11) is 0. The fraction of sp³-hybridized carbons (Fsp3) is 0.438. The van der Waals surface area contributed by atoms with E-state index in [0.717, 1.165) is 23.5 Å². The van der Waals surface area contributed by atoms with E-state index in [1.165, 1.54) is 0 Å². The first-order valence-electron chi connectivity index (χ1n) is 7.23. The molecule has 5 heteroatoms. The molecule has 2 aliphatic rings. The number of hydrogen-bond acceptors (Lipinski definition) is 3. The smallest absolute Gasteiger partial charge is 0.184 e. The van der Waals surface area contributed by atoms with Gasteiger partial charge in [0.1, 0.15) is 0 Å². The van der Waals surface area contributed by atoms with Crippen molar-refractivity contribution in [1.29, 1.82) is 0 Å². The summed E-state index contributed by atoms with van der Waals surface area (Å²) in [6, 6.07) is 6.17. The van der Waals surface area contributed by atoms with E-state index in [-0.39, 0.29) is 6.04 Å². The third-order valence-electron chi connectivity index (χ3n) is 4.01. The number of ether oxygens (including phenoxy) is 2. The van der Waals surface area contributed by atoms with Gasteiger partial charge in [-0.2, -0.15) is 0 Å². The Bertz CT molecular complexity index is 590. The summed E-state index contributed by atoms with van der Waals surface area (Å²) in [4.78, 5) is 2.04. The molecule has 1 fully saturated rings. The van der Waals surface area contributed by atoms with Crippen molar-refractivity contribution in [2.24, 2.45) is 0 Å². The zero-order chi connectivity index (χ0) is 15.0. The SMILES string of the molecule is C=CCN1C(=S)NC2CC1(C)Oc1c(OCC)cccc12. The number of thiocarbonyl (C=S) groups is 1. The molecule has 0 amide bonds. The van der Waals surface area contributed by atoms with Crippen LogP contribution in [0.5, 0.6) is 11.5 Å². The molecule has 0 saturated carbocycles. The van der Waals surface area contributed by atoms with Crippen LogP contribution >= 0.6 is 12.2 Å². The Kier molecular flexibility index (Phi) is 3.53. The molecular weight excluding hydrogens is 284 g/mol. The normalized spacial score (nSPS) is 26.5. The van der Waals surface area contributed by atoms with Gasteiger partial charge in [0.25, 0.3) is 0 Å². The highest BCUT2D eigenvalue weighted by molar-refractivity contribution is 7.80. The molecule has 3 rings (SSSR count). The minimum absolute atomic E-state index is 0.160. The second-order valence-corrected chi connectivity index (χ2v) is 5.88. The zero-order valence-electron chi connectivity index (χ0n) is 12.4. The molecule has 0 aromatic heterocycles. The predicted molar refractivity (Wildman–Crippen MR) is 86.6 cm³/mol. The van der Waals surface area contributed by atoms with E-state index in [4.69, 9.17) is 21.7 Å². The van der Waals surface area contributed by atoms with Crippen molar-refractivity contribution < 1.29 is 9.47 Å². The summed E-state index contributed by atoms with van der Waals surface area (Å²) in [5.41, 5.74) is 0.639. The maximum atomic E-state index is 6.34. The summed E-state index contributed by atoms with van der Waals surface area (Å²) in [6.45, 7) is 9.12.